The fourth-order valence-corrected chi connectivity index (χ4v) is 6.48. The second kappa shape index (κ2) is 21.7. The third-order valence-electron chi connectivity index (χ3n) is 7.89. The first-order chi connectivity index (χ1) is 24.2. The van der Waals surface area contributed by atoms with Gasteiger partial charge in [0.1, 0.15) is 23.3 Å². The summed E-state index contributed by atoms with van der Waals surface area (Å²) in [4.78, 5) is 48.3. The molecule has 3 aromatic rings. The highest BCUT2D eigenvalue weighted by atomic mass is 31.1. The second-order valence-electron chi connectivity index (χ2n) is 12.1. The van der Waals surface area contributed by atoms with Crippen LogP contribution >= 0.6 is 7.94 Å². The monoisotopic (exact) mass is 706 g/mol. The number of unbranched alkanes of at least 4 members (excludes halogenated alkanes) is 3. The maximum Gasteiger partial charge on any atom is 0.239 e. The molecule has 0 saturated heterocycles. The fourth-order valence-electron chi connectivity index (χ4n) is 5.35. The van der Waals surface area contributed by atoms with Crippen LogP contribution in [0.4, 0.5) is 0 Å². The van der Waals surface area contributed by atoms with Crippen LogP contribution in [-0.4, -0.2) is 70.4 Å². The van der Waals surface area contributed by atoms with E-state index in [4.69, 9.17) is 14.2 Å². The van der Waals surface area contributed by atoms with Gasteiger partial charge in [0.25, 0.3) is 0 Å². The molecule has 3 rings (SSSR count). The molecule has 1 atom stereocenters. The molecular weight excluding hydrogens is 655 g/mol. The third kappa shape index (κ3) is 13.2. The fraction of sp³-hybridized carbons (Fsp3) is 0.447. The highest BCUT2D eigenvalue weighted by Gasteiger charge is 2.37. The van der Waals surface area contributed by atoms with Crippen molar-refractivity contribution < 1.29 is 33.5 Å². The minimum atomic E-state index is -1.54. The van der Waals surface area contributed by atoms with Crippen LogP contribution in [0.25, 0.3) is 0 Å². The lowest BCUT2D eigenvalue weighted by Crippen LogP contribution is -2.42. The average molecular weight is 707 g/mol. The lowest BCUT2D eigenvalue weighted by atomic mass is 9.80. The molecule has 0 radical (unpaired) electrons. The summed E-state index contributed by atoms with van der Waals surface area (Å²) in [7, 11) is 1.73. The minimum absolute atomic E-state index is 0.0531. The van der Waals surface area contributed by atoms with E-state index in [0.717, 1.165) is 41.0 Å². The number of amides is 3. The molecular formula is C38H51N4O7P. The molecule has 3 N–H and O–H groups in total. The zero-order valence-electron chi connectivity index (χ0n) is 29.6. The number of ether oxygens (including phenoxy) is 3. The lowest BCUT2D eigenvalue weighted by Gasteiger charge is -2.36. The number of nitrogens with zero attached hydrogens (tertiary/aromatic N) is 1. The van der Waals surface area contributed by atoms with Gasteiger partial charge in [0.2, 0.25) is 17.7 Å². The molecule has 1 unspecified atom stereocenters. The first-order valence-electron chi connectivity index (χ1n) is 17.1. The Labute approximate surface area is 297 Å². The lowest BCUT2D eigenvalue weighted by molar-refractivity contribution is -0.155. The minimum Gasteiger partial charge on any atom is -0.612 e. The maximum atomic E-state index is 12.4. The average Bonchev–Trinajstić information content (AvgIpc) is 3.13. The number of hydrogen-bond donors (Lipinski definition) is 3. The predicted molar refractivity (Wildman–Crippen MR) is 194 cm³/mol. The van der Waals surface area contributed by atoms with Gasteiger partial charge in [-0.25, -0.2) is 0 Å². The Morgan fingerprint density at radius 2 is 1.24 bits per heavy atom. The van der Waals surface area contributed by atoms with E-state index in [2.05, 4.69) is 20.7 Å². The molecule has 0 aliphatic rings. The molecule has 3 aromatic carbocycles. The number of hydrogen-bond acceptors (Lipinski definition) is 8. The number of benzene rings is 3. The van der Waals surface area contributed by atoms with Gasteiger partial charge in [0, 0.05) is 19.6 Å². The van der Waals surface area contributed by atoms with Gasteiger partial charge in [-0.2, -0.15) is 0 Å². The standard InChI is InChI=1S/C38H51N4O7P/c1-29(2)42-50(46)26-12-6-9-15-35(43)40-28-37(45)41-27-36(44)39-24-10-11-25-49-38(30-13-7-5-8-14-30,31-16-20-33(47-3)21-17-31)32-18-22-34(48-4)23-19-32/h5,7-8,13-14,16-23,29H,6,9-12,15,24-28H2,1-4H3,(H,39,44)(H,40,43)(H,41,45). The molecule has 0 heterocycles. The van der Waals surface area contributed by atoms with Crippen molar-refractivity contribution in [1.82, 2.24) is 16.0 Å². The smallest absolute Gasteiger partial charge is 0.239 e. The van der Waals surface area contributed by atoms with E-state index in [1.807, 2.05) is 92.7 Å². The topological polar surface area (TPSA) is 150 Å². The van der Waals surface area contributed by atoms with Crippen LogP contribution in [0.1, 0.15) is 69.1 Å². The van der Waals surface area contributed by atoms with Crippen LogP contribution in [0.2, 0.25) is 0 Å². The summed E-state index contributed by atoms with van der Waals surface area (Å²) in [5, 5.41) is 7.93. The van der Waals surface area contributed by atoms with Crippen LogP contribution in [0.15, 0.2) is 83.6 Å². The molecule has 3 amide bonds. The van der Waals surface area contributed by atoms with E-state index >= 15 is 0 Å². The molecule has 0 saturated carbocycles. The van der Waals surface area contributed by atoms with E-state index in [1.54, 1.807) is 14.2 Å². The number of methoxy groups -OCH3 is 2. The van der Waals surface area contributed by atoms with Crippen LogP contribution in [-0.2, 0) is 24.7 Å². The Bertz CT molecular complexity index is 1450. The van der Waals surface area contributed by atoms with Crippen molar-refractivity contribution in [2.75, 3.05) is 46.6 Å². The quantitative estimate of drug-likeness (QED) is 0.0752. The summed E-state index contributed by atoms with van der Waals surface area (Å²) in [6.07, 6.45) is 4.28. The van der Waals surface area contributed by atoms with Crippen LogP contribution < -0.4 is 30.3 Å². The van der Waals surface area contributed by atoms with Crippen molar-refractivity contribution in [2.45, 2.75) is 64.0 Å². The van der Waals surface area contributed by atoms with Gasteiger partial charge in [-0.15, -0.1) is 4.74 Å². The van der Waals surface area contributed by atoms with Gasteiger partial charge in [-0.3, -0.25) is 14.4 Å². The Morgan fingerprint density at radius 3 is 1.80 bits per heavy atom. The normalized spacial score (nSPS) is 11.6. The zero-order valence-corrected chi connectivity index (χ0v) is 30.5. The van der Waals surface area contributed by atoms with Crippen LogP contribution in [0.3, 0.4) is 0 Å². The summed E-state index contributed by atoms with van der Waals surface area (Å²) in [5.74, 6) is 0.495. The van der Waals surface area contributed by atoms with Gasteiger partial charge in [0.15, 0.2) is 7.94 Å². The van der Waals surface area contributed by atoms with Crippen molar-refractivity contribution in [2.24, 2.45) is 4.74 Å². The highest BCUT2D eigenvalue weighted by molar-refractivity contribution is 7.39. The zero-order chi connectivity index (χ0) is 36.2. The molecule has 0 aromatic heterocycles. The van der Waals surface area contributed by atoms with Gasteiger partial charge < -0.3 is 35.1 Å². The molecule has 12 heteroatoms. The van der Waals surface area contributed by atoms with Crippen molar-refractivity contribution >= 4 is 25.7 Å². The first kappa shape index (κ1) is 40.1. The van der Waals surface area contributed by atoms with Gasteiger partial charge in [-0.05, 0) is 86.9 Å². The summed E-state index contributed by atoms with van der Waals surface area (Å²) in [6.45, 7) is 4.23. The molecule has 0 aliphatic heterocycles. The van der Waals surface area contributed by atoms with E-state index < -0.39 is 19.4 Å². The van der Waals surface area contributed by atoms with Gasteiger partial charge in [-0.1, -0.05) is 54.6 Å². The number of carbonyl (C=O) groups is 3. The van der Waals surface area contributed by atoms with Crippen molar-refractivity contribution in [3.05, 3.63) is 95.6 Å². The van der Waals surface area contributed by atoms with E-state index in [0.29, 0.717) is 38.6 Å². The molecule has 50 heavy (non-hydrogen) atoms. The number of rotatable bonds is 22. The Kier molecular flexibility index (Phi) is 17.4. The molecule has 11 nitrogen and oxygen atoms in total. The molecule has 0 bridgehead atoms. The Hall–Kier alpha value is -4.31. The highest BCUT2D eigenvalue weighted by Crippen LogP contribution is 2.41. The SMILES string of the molecule is COc1ccc(C(OCCCCNC(=O)CNC(=O)CNC(=O)CCCCC[P+]([O-])=NC(C)C)(c2ccccc2)c2ccc(OC)cc2)cc1. The van der Waals surface area contributed by atoms with Gasteiger partial charge >= 0.3 is 0 Å². The molecule has 0 spiro atoms. The van der Waals surface area contributed by atoms with Crippen LogP contribution in [0.5, 0.6) is 11.5 Å². The van der Waals surface area contributed by atoms with Crippen molar-refractivity contribution in [3.8, 4) is 11.5 Å². The third-order valence-corrected chi connectivity index (χ3v) is 9.31. The largest absolute Gasteiger partial charge is 0.612 e. The van der Waals surface area contributed by atoms with Crippen LogP contribution in [0, 0.1) is 0 Å². The first-order valence-corrected chi connectivity index (χ1v) is 18.5. The second-order valence-corrected chi connectivity index (χ2v) is 13.4. The summed E-state index contributed by atoms with van der Waals surface area (Å²) < 4.78 is 21.8. The molecule has 0 fully saturated rings. The van der Waals surface area contributed by atoms with Gasteiger partial charge in [0.05, 0.1) is 33.4 Å². The number of nitrogens with one attached hydrogen (secondary N) is 3. The Morgan fingerprint density at radius 1 is 0.700 bits per heavy atom. The van der Waals surface area contributed by atoms with E-state index in [-0.39, 0.29) is 37.4 Å². The molecule has 270 valence electrons. The van der Waals surface area contributed by atoms with Crippen molar-refractivity contribution in [3.63, 3.8) is 0 Å². The Balaban J connectivity index is 1.44. The predicted octanol–water partition coefficient (Wildman–Crippen LogP) is 5.05. The summed E-state index contributed by atoms with van der Waals surface area (Å²) in [6, 6.07) is 25.8. The number of carbonyl (C=O) groups excluding carboxylic acids is 3. The van der Waals surface area contributed by atoms with E-state index in [9.17, 15) is 19.3 Å². The summed E-state index contributed by atoms with van der Waals surface area (Å²) in [5.41, 5.74) is 1.95. The summed E-state index contributed by atoms with van der Waals surface area (Å²) >= 11 is 0. The molecule has 0 aliphatic carbocycles. The van der Waals surface area contributed by atoms with Crippen molar-refractivity contribution in [1.29, 1.82) is 0 Å². The maximum absolute atomic E-state index is 12.4. The van der Waals surface area contributed by atoms with E-state index in [1.165, 1.54) is 0 Å².